The van der Waals surface area contributed by atoms with E-state index in [9.17, 15) is 4.79 Å². The molecule has 5 aliphatic rings. The fourth-order valence-corrected chi connectivity index (χ4v) is 4.35. The van der Waals surface area contributed by atoms with E-state index in [-0.39, 0.29) is 30.4 Å². The number of hydrogen-bond donors (Lipinski definition) is 0. The van der Waals surface area contributed by atoms with Gasteiger partial charge < -0.3 is 28.4 Å². The molecule has 0 amide bonds. The van der Waals surface area contributed by atoms with E-state index in [0.717, 1.165) is 0 Å². The van der Waals surface area contributed by atoms with E-state index in [1.165, 1.54) is 0 Å². The summed E-state index contributed by atoms with van der Waals surface area (Å²) in [4.78, 5) is 17.3. The molecule has 0 aromatic rings. The number of carbonyl (C=O) groups is 1. The molecule has 0 spiro atoms. The number of hydrogen-bond acceptors (Lipinski definition) is 9. The minimum absolute atomic E-state index is 0.239. The van der Waals surface area contributed by atoms with Crippen LogP contribution in [-0.2, 0) is 33.3 Å². The first-order valence-corrected chi connectivity index (χ1v) is 8.24. The van der Waals surface area contributed by atoms with Crippen LogP contribution >= 0.6 is 0 Å². The molecule has 5 fully saturated rings. The van der Waals surface area contributed by atoms with Gasteiger partial charge in [-0.2, -0.15) is 5.06 Å². The summed E-state index contributed by atoms with van der Waals surface area (Å²) in [6, 6.07) is -0.540. The smallest absolute Gasteiger partial charge is 0.422 e. The number of ether oxygens (including phenoxy) is 6. The van der Waals surface area contributed by atoms with Gasteiger partial charge in [0, 0.05) is 0 Å². The average Bonchev–Trinajstić information content (AvgIpc) is 3.16. The van der Waals surface area contributed by atoms with Crippen LogP contribution in [0.4, 0.5) is 4.79 Å². The third kappa shape index (κ3) is 2.06. The normalized spacial score (nSPS) is 51.2. The molecule has 0 aromatic heterocycles. The van der Waals surface area contributed by atoms with Crippen molar-refractivity contribution < 1.29 is 38.1 Å². The van der Waals surface area contributed by atoms with E-state index in [2.05, 4.69) is 0 Å². The van der Waals surface area contributed by atoms with Crippen molar-refractivity contribution in [1.82, 2.24) is 5.06 Å². The minimum Gasteiger partial charge on any atom is -0.422 e. The van der Waals surface area contributed by atoms with Gasteiger partial charge >= 0.3 is 6.16 Å². The Balaban J connectivity index is 1.48. The van der Waals surface area contributed by atoms with Crippen LogP contribution in [0.1, 0.15) is 27.7 Å². The largest absolute Gasteiger partial charge is 0.511 e. The van der Waals surface area contributed by atoms with Crippen LogP contribution in [0.5, 0.6) is 0 Å². The Bertz CT molecular complexity index is 580. The molecule has 24 heavy (non-hydrogen) atoms. The average molecular weight is 343 g/mol. The molecule has 0 unspecified atom stereocenters. The molecule has 5 rings (SSSR count). The molecule has 9 nitrogen and oxygen atoms in total. The Kier molecular flexibility index (Phi) is 2.93. The highest BCUT2D eigenvalue weighted by molar-refractivity contribution is 5.62. The van der Waals surface area contributed by atoms with Crippen molar-refractivity contribution in [3.63, 3.8) is 0 Å². The second-order valence-electron chi connectivity index (χ2n) is 7.70. The van der Waals surface area contributed by atoms with E-state index in [1.807, 2.05) is 27.7 Å². The summed E-state index contributed by atoms with van der Waals surface area (Å²) >= 11 is 0. The van der Waals surface area contributed by atoms with E-state index < -0.39 is 30.1 Å². The van der Waals surface area contributed by atoms with Gasteiger partial charge in [-0.15, -0.1) is 0 Å². The van der Waals surface area contributed by atoms with Gasteiger partial charge in [-0.25, -0.2) is 9.63 Å². The lowest BCUT2D eigenvalue weighted by Gasteiger charge is -2.31. The molecule has 0 aliphatic carbocycles. The molecule has 0 N–H and O–H groups in total. The van der Waals surface area contributed by atoms with Gasteiger partial charge in [-0.1, -0.05) is 0 Å². The quantitative estimate of drug-likeness (QED) is 0.632. The first-order chi connectivity index (χ1) is 11.2. The van der Waals surface area contributed by atoms with Crippen LogP contribution in [0.25, 0.3) is 0 Å². The van der Waals surface area contributed by atoms with Crippen molar-refractivity contribution in [1.29, 1.82) is 0 Å². The molecule has 5 aliphatic heterocycles. The van der Waals surface area contributed by atoms with Gasteiger partial charge in [-0.05, 0) is 27.7 Å². The van der Waals surface area contributed by atoms with Crippen molar-refractivity contribution >= 4 is 6.16 Å². The molecule has 5 heterocycles. The lowest BCUT2D eigenvalue weighted by atomic mass is 10.0. The molecule has 9 heteroatoms. The fraction of sp³-hybridized carbons (Fsp3) is 0.933. The van der Waals surface area contributed by atoms with Gasteiger partial charge in [0.2, 0.25) is 0 Å². The predicted octanol–water partition coefficient (Wildman–Crippen LogP) is 0.517. The highest BCUT2D eigenvalue weighted by Gasteiger charge is 2.70. The first-order valence-electron chi connectivity index (χ1n) is 8.24. The summed E-state index contributed by atoms with van der Waals surface area (Å²) < 4.78 is 34.3. The summed E-state index contributed by atoms with van der Waals surface area (Å²) in [6.45, 7) is 7.90. The van der Waals surface area contributed by atoms with Crippen LogP contribution in [0, 0.1) is 0 Å². The third-order valence-electron chi connectivity index (χ3n) is 5.11. The standard InChI is InChI=1S/C15H21NO8/c1-14(2)18-5-6(21-14)7-9-10(23-15(3,4)22-9)8-11-12(24-16(7)8)20-13(17)19-11/h6-12H,5H2,1-4H3/t6-,7-,8-,9-,10+,11-,12+/m1/s1. The number of nitrogens with zero attached hydrogens (tertiary/aromatic N) is 1. The van der Waals surface area contributed by atoms with Crippen LogP contribution in [0.3, 0.4) is 0 Å². The Morgan fingerprint density at radius 2 is 1.62 bits per heavy atom. The van der Waals surface area contributed by atoms with Crippen molar-refractivity contribution in [3.05, 3.63) is 0 Å². The lowest BCUT2D eigenvalue weighted by Crippen LogP contribution is -2.48. The zero-order valence-corrected chi connectivity index (χ0v) is 14.0. The zero-order chi connectivity index (χ0) is 16.9. The molecule has 0 bridgehead atoms. The van der Waals surface area contributed by atoms with Gasteiger partial charge in [0.05, 0.1) is 12.6 Å². The number of carbonyl (C=O) groups excluding carboxylic acids is 1. The van der Waals surface area contributed by atoms with Gasteiger partial charge in [-0.3, -0.25) is 0 Å². The number of hydroxylamine groups is 2. The Morgan fingerprint density at radius 3 is 2.29 bits per heavy atom. The molecule has 7 atom stereocenters. The molecule has 0 radical (unpaired) electrons. The molecule has 0 aromatic carbocycles. The Labute approximate surface area is 138 Å². The summed E-state index contributed by atoms with van der Waals surface area (Å²) in [5, 5.41) is 1.77. The zero-order valence-electron chi connectivity index (χ0n) is 14.0. The van der Waals surface area contributed by atoms with Gasteiger partial charge in [0.25, 0.3) is 6.29 Å². The van der Waals surface area contributed by atoms with E-state index in [1.54, 1.807) is 5.06 Å². The molecular weight excluding hydrogens is 322 g/mol. The topological polar surface area (TPSA) is 84.9 Å². The third-order valence-corrected chi connectivity index (χ3v) is 5.11. The molecule has 0 saturated carbocycles. The Morgan fingerprint density at radius 1 is 0.917 bits per heavy atom. The lowest BCUT2D eigenvalue weighted by molar-refractivity contribution is -0.267. The van der Waals surface area contributed by atoms with E-state index in [0.29, 0.717) is 6.61 Å². The minimum atomic E-state index is -0.756. The van der Waals surface area contributed by atoms with Crippen molar-refractivity contribution in [2.75, 3.05) is 6.61 Å². The maximum atomic E-state index is 11.4. The van der Waals surface area contributed by atoms with Crippen molar-refractivity contribution in [3.8, 4) is 0 Å². The summed E-state index contributed by atoms with van der Waals surface area (Å²) in [5.41, 5.74) is 0. The van der Waals surface area contributed by atoms with Crippen LogP contribution in [-0.4, -0.2) is 72.2 Å². The van der Waals surface area contributed by atoms with Crippen LogP contribution in [0.2, 0.25) is 0 Å². The highest BCUT2D eigenvalue weighted by Crippen LogP contribution is 2.49. The number of fused-ring (bicyclic) bond motifs is 5. The number of rotatable bonds is 1. The molecule has 5 saturated heterocycles. The van der Waals surface area contributed by atoms with Crippen molar-refractivity contribution in [2.45, 2.75) is 82.1 Å². The second kappa shape index (κ2) is 4.60. The maximum absolute atomic E-state index is 11.4. The monoisotopic (exact) mass is 343 g/mol. The first kappa shape index (κ1) is 15.3. The van der Waals surface area contributed by atoms with Crippen molar-refractivity contribution in [2.24, 2.45) is 0 Å². The maximum Gasteiger partial charge on any atom is 0.511 e. The molecule has 134 valence electrons. The van der Waals surface area contributed by atoms with Crippen LogP contribution in [0.15, 0.2) is 0 Å². The summed E-state index contributed by atoms with van der Waals surface area (Å²) in [6.07, 6.45) is -2.83. The summed E-state index contributed by atoms with van der Waals surface area (Å²) in [5.74, 6) is -1.39. The fourth-order valence-electron chi connectivity index (χ4n) is 4.35. The van der Waals surface area contributed by atoms with Gasteiger partial charge in [0.15, 0.2) is 17.7 Å². The molecular formula is C15H21NO8. The van der Waals surface area contributed by atoms with Crippen LogP contribution < -0.4 is 0 Å². The Hall–Kier alpha value is -0.970. The summed E-state index contributed by atoms with van der Waals surface area (Å²) in [7, 11) is 0. The van der Waals surface area contributed by atoms with E-state index in [4.69, 9.17) is 33.3 Å². The SMILES string of the molecule is CC1(C)O[C@@H]2[C@H](O1)[C@@H]([C@H]1COC(C)(C)O1)N1O[C@@H]3OC(=O)O[C@@H]3[C@@H]21. The van der Waals surface area contributed by atoms with Gasteiger partial charge in [0.1, 0.15) is 24.4 Å². The van der Waals surface area contributed by atoms with E-state index >= 15 is 0 Å². The predicted molar refractivity (Wildman–Crippen MR) is 74.4 cm³/mol. The second-order valence-corrected chi connectivity index (χ2v) is 7.70. The highest BCUT2D eigenvalue weighted by atomic mass is 16.9.